The molecule has 0 radical (unpaired) electrons. The molecule has 1 aromatic heterocycles. The third-order valence-electron chi connectivity index (χ3n) is 4.92. The van der Waals surface area contributed by atoms with Gasteiger partial charge in [-0.3, -0.25) is 14.9 Å². The highest BCUT2D eigenvalue weighted by atomic mass is 16.6. The number of non-ortho nitro benzene ring substituents is 1. The van der Waals surface area contributed by atoms with Crippen LogP contribution in [0, 0.1) is 10.1 Å². The maximum absolute atomic E-state index is 12.5. The average molecular weight is 364 g/mol. The van der Waals surface area contributed by atoms with Crippen LogP contribution < -0.4 is 10.2 Å². The number of nitrogens with zero attached hydrogens (tertiary/aromatic N) is 2. The topological polar surface area (TPSA) is 91.3 Å². The number of aromatic amines is 1. The van der Waals surface area contributed by atoms with Gasteiger partial charge in [-0.25, -0.2) is 0 Å². The summed E-state index contributed by atoms with van der Waals surface area (Å²) < 4.78 is 0. The molecule has 2 N–H and O–H groups in total. The zero-order valence-electron chi connectivity index (χ0n) is 14.8. The first kappa shape index (κ1) is 17.1. The number of piperidine rings is 1. The minimum atomic E-state index is -0.458. The van der Waals surface area contributed by atoms with Crippen molar-refractivity contribution >= 4 is 33.9 Å². The lowest BCUT2D eigenvalue weighted by Gasteiger charge is -2.28. The number of nitro benzene ring substituents is 1. The number of nitro groups is 1. The van der Waals surface area contributed by atoms with E-state index in [-0.39, 0.29) is 11.6 Å². The molecule has 2 aromatic carbocycles. The largest absolute Gasteiger partial charge is 0.372 e. The second-order valence-electron chi connectivity index (χ2n) is 6.73. The molecule has 0 unspecified atom stereocenters. The van der Waals surface area contributed by atoms with Crippen LogP contribution in [0.4, 0.5) is 17.1 Å². The van der Waals surface area contributed by atoms with E-state index in [1.54, 1.807) is 18.2 Å². The number of H-pyrrole nitrogens is 1. The van der Waals surface area contributed by atoms with Gasteiger partial charge < -0.3 is 15.2 Å². The van der Waals surface area contributed by atoms with Crippen LogP contribution in [0.2, 0.25) is 0 Å². The van der Waals surface area contributed by atoms with Crippen LogP contribution >= 0.6 is 0 Å². The molecule has 0 bridgehead atoms. The molecule has 0 spiro atoms. The average Bonchev–Trinajstić information content (AvgIpc) is 3.13. The van der Waals surface area contributed by atoms with Crippen molar-refractivity contribution in [2.24, 2.45) is 0 Å². The number of aromatic nitrogens is 1. The Morgan fingerprint density at radius 2 is 1.81 bits per heavy atom. The number of anilines is 2. The summed E-state index contributed by atoms with van der Waals surface area (Å²) >= 11 is 0. The lowest BCUT2D eigenvalue weighted by atomic mass is 10.1. The SMILES string of the molecule is O=C(Nc1ccc(N2CCCCC2)cc1)c1cc2cccc([N+](=O)[O-])c2[nH]1. The summed E-state index contributed by atoms with van der Waals surface area (Å²) in [5.74, 6) is -0.328. The van der Waals surface area contributed by atoms with Crippen molar-refractivity contribution in [3.63, 3.8) is 0 Å². The van der Waals surface area contributed by atoms with Gasteiger partial charge in [-0.1, -0.05) is 12.1 Å². The van der Waals surface area contributed by atoms with Gasteiger partial charge in [0, 0.05) is 35.9 Å². The van der Waals surface area contributed by atoms with E-state index in [1.807, 2.05) is 24.3 Å². The number of fused-ring (bicyclic) bond motifs is 1. The van der Waals surface area contributed by atoms with Gasteiger partial charge in [-0.15, -0.1) is 0 Å². The third-order valence-corrected chi connectivity index (χ3v) is 4.92. The van der Waals surface area contributed by atoms with Gasteiger partial charge in [-0.2, -0.15) is 0 Å². The summed E-state index contributed by atoms with van der Waals surface area (Å²) in [5.41, 5.74) is 2.45. The van der Waals surface area contributed by atoms with Crippen LogP contribution in [0.15, 0.2) is 48.5 Å². The van der Waals surface area contributed by atoms with Crippen LogP contribution in [0.25, 0.3) is 10.9 Å². The van der Waals surface area contributed by atoms with Gasteiger partial charge in [0.05, 0.1) is 4.92 Å². The van der Waals surface area contributed by atoms with Crippen molar-refractivity contribution in [2.75, 3.05) is 23.3 Å². The Kier molecular flexibility index (Phi) is 4.50. The number of carbonyl (C=O) groups is 1. The van der Waals surface area contributed by atoms with Gasteiger partial charge in [0.15, 0.2) is 0 Å². The zero-order valence-corrected chi connectivity index (χ0v) is 14.8. The van der Waals surface area contributed by atoms with Crippen LogP contribution in [0.5, 0.6) is 0 Å². The van der Waals surface area contributed by atoms with Gasteiger partial charge in [-0.05, 0) is 49.6 Å². The second kappa shape index (κ2) is 7.11. The molecule has 1 fully saturated rings. The van der Waals surface area contributed by atoms with Crippen LogP contribution in [0.1, 0.15) is 29.8 Å². The summed E-state index contributed by atoms with van der Waals surface area (Å²) in [5, 5.41) is 14.6. The Bertz CT molecular complexity index is 988. The van der Waals surface area contributed by atoms with Crippen molar-refractivity contribution in [2.45, 2.75) is 19.3 Å². The Labute approximate surface area is 156 Å². The maximum atomic E-state index is 12.5. The van der Waals surface area contributed by atoms with Gasteiger partial charge in [0.25, 0.3) is 11.6 Å². The molecular weight excluding hydrogens is 344 g/mol. The number of carbonyl (C=O) groups excluding carboxylic acids is 1. The Balaban J connectivity index is 1.51. The van der Waals surface area contributed by atoms with E-state index >= 15 is 0 Å². The van der Waals surface area contributed by atoms with Crippen LogP contribution in [0.3, 0.4) is 0 Å². The number of hydrogen-bond acceptors (Lipinski definition) is 4. The molecule has 4 rings (SSSR count). The summed E-state index contributed by atoms with van der Waals surface area (Å²) in [6.07, 6.45) is 3.71. The highest BCUT2D eigenvalue weighted by Crippen LogP contribution is 2.26. The first-order valence-electron chi connectivity index (χ1n) is 9.04. The van der Waals surface area contributed by atoms with E-state index in [0.717, 1.165) is 18.8 Å². The third kappa shape index (κ3) is 3.48. The van der Waals surface area contributed by atoms with E-state index in [4.69, 9.17) is 0 Å². The fourth-order valence-corrected chi connectivity index (χ4v) is 3.52. The lowest BCUT2D eigenvalue weighted by molar-refractivity contribution is -0.383. The number of nitrogens with one attached hydrogen (secondary N) is 2. The fraction of sp³-hybridized carbons (Fsp3) is 0.250. The summed E-state index contributed by atoms with van der Waals surface area (Å²) in [4.78, 5) is 28.4. The predicted molar refractivity (Wildman–Crippen MR) is 105 cm³/mol. The molecule has 7 heteroatoms. The summed E-state index contributed by atoms with van der Waals surface area (Å²) in [6, 6.07) is 14.2. The molecule has 27 heavy (non-hydrogen) atoms. The van der Waals surface area contributed by atoms with Gasteiger partial charge >= 0.3 is 0 Å². The molecule has 3 aromatic rings. The van der Waals surface area contributed by atoms with E-state index in [2.05, 4.69) is 15.2 Å². The number of rotatable bonds is 4. The molecule has 7 nitrogen and oxygen atoms in total. The smallest absolute Gasteiger partial charge is 0.293 e. The summed E-state index contributed by atoms with van der Waals surface area (Å²) in [6.45, 7) is 2.14. The Morgan fingerprint density at radius 3 is 2.52 bits per heavy atom. The van der Waals surface area contributed by atoms with Crippen LogP contribution in [-0.4, -0.2) is 28.9 Å². The monoisotopic (exact) mass is 364 g/mol. The molecule has 1 amide bonds. The van der Waals surface area contributed by atoms with Gasteiger partial charge in [0.2, 0.25) is 0 Å². The minimum Gasteiger partial charge on any atom is -0.372 e. The minimum absolute atomic E-state index is 0.0440. The van der Waals surface area contributed by atoms with Crippen LogP contribution in [-0.2, 0) is 0 Å². The molecular formula is C20H20N4O3. The first-order valence-corrected chi connectivity index (χ1v) is 9.04. The van der Waals surface area contributed by atoms with Crippen molar-refractivity contribution in [3.05, 3.63) is 64.3 Å². The maximum Gasteiger partial charge on any atom is 0.293 e. The van der Waals surface area contributed by atoms with E-state index in [0.29, 0.717) is 22.3 Å². The number of amides is 1. The Hall–Kier alpha value is -3.35. The van der Waals surface area contributed by atoms with Gasteiger partial charge in [0.1, 0.15) is 11.2 Å². The molecule has 138 valence electrons. The fourth-order valence-electron chi connectivity index (χ4n) is 3.52. The van der Waals surface area contributed by atoms with E-state index < -0.39 is 4.92 Å². The Morgan fingerprint density at radius 1 is 1.07 bits per heavy atom. The number of hydrogen-bond donors (Lipinski definition) is 2. The lowest BCUT2D eigenvalue weighted by Crippen LogP contribution is -2.29. The normalized spacial score (nSPS) is 14.3. The molecule has 1 aliphatic rings. The highest BCUT2D eigenvalue weighted by Gasteiger charge is 2.17. The first-order chi connectivity index (χ1) is 13.1. The molecule has 0 aliphatic carbocycles. The standard InChI is InChI=1S/C20H20N4O3/c25-20(17-13-14-5-4-6-18(24(26)27)19(14)22-17)21-15-7-9-16(10-8-15)23-11-2-1-3-12-23/h4-10,13,22H,1-3,11-12H2,(H,21,25). The predicted octanol–water partition coefficient (Wildman–Crippen LogP) is 4.32. The quantitative estimate of drug-likeness (QED) is 0.533. The second-order valence-corrected chi connectivity index (χ2v) is 6.73. The van der Waals surface area contributed by atoms with Crippen molar-refractivity contribution in [1.29, 1.82) is 0 Å². The van der Waals surface area contributed by atoms with Crippen molar-refractivity contribution in [1.82, 2.24) is 4.98 Å². The molecule has 1 saturated heterocycles. The van der Waals surface area contributed by atoms with Crippen molar-refractivity contribution < 1.29 is 9.72 Å². The molecule has 2 heterocycles. The highest BCUT2D eigenvalue weighted by molar-refractivity contribution is 6.06. The molecule has 0 atom stereocenters. The van der Waals surface area contributed by atoms with Crippen molar-refractivity contribution in [3.8, 4) is 0 Å². The number of benzene rings is 2. The molecule has 1 aliphatic heterocycles. The summed E-state index contributed by atoms with van der Waals surface area (Å²) in [7, 11) is 0. The van der Waals surface area contributed by atoms with E-state index in [1.165, 1.54) is 25.3 Å². The molecule has 0 saturated carbocycles. The van der Waals surface area contributed by atoms with E-state index in [9.17, 15) is 14.9 Å². The number of para-hydroxylation sites is 1. The zero-order chi connectivity index (χ0) is 18.8.